The number of primary amides is 1. The number of carbonyl (C=O) groups excluding carboxylic acids is 2. The standard InChI is InChI=1S/C27H27F3N6O2/c1-17-10-11-18(15-21(17)34-25(38)9-5-3-2-4-8-23(31)37)22-16-36-24(33-22)13-12-20(35-36)19-7-6-14-32-26(19)27(28,29)30/h6-7,10-16H,2-5,8-9H2,1H3,(H2,31,37)(H,34,38). The van der Waals surface area contributed by atoms with Crippen LogP contribution in [-0.2, 0) is 15.8 Å². The van der Waals surface area contributed by atoms with Gasteiger partial charge in [-0.1, -0.05) is 25.0 Å². The van der Waals surface area contributed by atoms with Crippen molar-refractivity contribution in [2.75, 3.05) is 5.32 Å². The van der Waals surface area contributed by atoms with Crippen LogP contribution in [-0.4, -0.2) is 31.4 Å². The number of nitrogens with zero attached hydrogens (tertiary/aromatic N) is 4. The Hall–Kier alpha value is -4.28. The fourth-order valence-corrected chi connectivity index (χ4v) is 4.07. The van der Waals surface area contributed by atoms with E-state index in [1.54, 1.807) is 12.3 Å². The van der Waals surface area contributed by atoms with Crippen LogP contribution in [0.15, 0.2) is 54.9 Å². The third-order valence-electron chi connectivity index (χ3n) is 6.06. The molecule has 0 bridgehead atoms. The summed E-state index contributed by atoms with van der Waals surface area (Å²) in [6.45, 7) is 1.88. The SMILES string of the molecule is Cc1ccc(-c2cn3nc(-c4cccnc4C(F)(F)F)ccc3n2)cc1NC(=O)CCCCCCC(N)=O. The molecule has 0 saturated carbocycles. The summed E-state index contributed by atoms with van der Waals surface area (Å²) in [5.41, 5.74) is 7.40. The van der Waals surface area contributed by atoms with Crippen LogP contribution < -0.4 is 11.1 Å². The number of nitrogens with two attached hydrogens (primary N) is 1. The number of aromatic nitrogens is 4. The minimum atomic E-state index is -4.61. The molecule has 3 aromatic heterocycles. The van der Waals surface area contributed by atoms with Gasteiger partial charge in [0.2, 0.25) is 11.8 Å². The second-order valence-corrected chi connectivity index (χ2v) is 9.00. The van der Waals surface area contributed by atoms with Crippen molar-refractivity contribution >= 4 is 23.1 Å². The number of fused-ring (bicyclic) bond motifs is 1. The molecule has 0 unspecified atom stereocenters. The number of anilines is 1. The number of halogens is 3. The zero-order valence-corrected chi connectivity index (χ0v) is 20.8. The molecule has 198 valence electrons. The average Bonchev–Trinajstić information content (AvgIpc) is 3.30. The lowest BCUT2D eigenvalue weighted by Crippen LogP contribution is -2.12. The van der Waals surface area contributed by atoms with Gasteiger partial charge in [0.25, 0.3) is 0 Å². The van der Waals surface area contributed by atoms with Gasteiger partial charge in [-0.2, -0.15) is 18.3 Å². The van der Waals surface area contributed by atoms with Crippen molar-refractivity contribution < 1.29 is 22.8 Å². The Morgan fingerprint density at radius 1 is 1.00 bits per heavy atom. The number of alkyl halides is 3. The van der Waals surface area contributed by atoms with Gasteiger partial charge in [0.1, 0.15) is 0 Å². The predicted octanol–water partition coefficient (Wildman–Crippen LogP) is 5.55. The Labute approximate surface area is 217 Å². The van der Waals surface area contributed by atoms with Crippen LogP contribution >= 0.6 is 0 Å². The first-order valence-corrected chi connectivity index (χ1v) is 12.2. The zero-order valence-electron chi connectivity index (χ0n) is 20.8. The van der Waals surface area contributed by atoms with Crippen LogP contribution in [0.1, 0.15) is 49.8 Å². The second kappa shape index (κ2) is 11.4. The summed E-state index contributed by atoms with van der Waals surface area (Å²) in [4.78, 5) is 31.3. The molecule has 8 nitrogen and oxygen atoms in total. The zero-order chi connectivity index (χ0) is 27.3. The molecule has 4 aromatic rings. The molecule has 11 heteroatoms. The van der Waals surface area contributed by atoms with Crippen molar-refractivity contribution in [1.82, 2.24) is 19.6 Å². The molecule has 38 heavy (non-hydrogen) atoms. The molecule has 0 atom stereocenters. The van der Waals surface area contributed by atoms with Crippen LogP contribution in [0.5, 0.6) is 0 Å². The number of unbranched alkanes of at least 4 members (excludes halogenated alkanes) is 3. The van der Waals surface area contributed by atoms with E-state index in [1.807, 2.05) is 25.1 Å². The fourth-order valence-electron chi connectivity index (χ4n) is 4.07. The van der Waals surface area contributed by atoms with Crippen LogP contribution in [0.4, 0.5) is 18.9 Å². The van der Waals surface area contributed by atoms with Crippen molar-refractivity contribution in [3.05, 3.63) is 66.1 Å². The van der Waals surface area contributed by atoms with Gasteiger partial charge in [-0.05, 0) is 55.7 Å². The molecule has 0 fully saturated rings. The highest BCUT2D eigenvalue weighted by Crippen LogP contribution is 2.34. The summed E-state index contributed by atoms with van der Waals surface area (Å²) in [6.07, 6.45) is 1.93. The molecule has 0 aliphatic rings. The van der Waals surface area contributed by atoms with Crippen LogP contribution in [0.2, 0.25) is 0 Å². The molecular formula is C27H27F3N6O2. The third kappa shape index (κ3) is 6.53. The van der Waals surface area contributed by atoms with E-state index >= 15 is 0 Å². The molecular weight excluding hydrogens is 497 g/mol. The van der Waals surface area contributed by atoms with Crippen LogP contribution in [0, 0.1) is 6.92 Å². The second-order valence-electron chi connectivity index (χ2n) is 9.00. The number of amides is 2. The lowest BCUT2D eigenvalue weighted by atomic mass is 10.1. The number of hydrogen-bond acceptors (Lipinski definition) is 5. The molecule has 2 amide bonds. The molecule has 3 N–H and O–H groups in total. The number of rotatable bonds is 10. The monoisotopic (exact) mass is 524 g/mol. The van der Waals surface area contributed by atoms with Crippen molar-refractivity contribution in [2.24, 2.45) is 5.73 Å². The predicted molar refractivity (Wildman–Crippen MR) is 137 cm³/mol. The van der Waals surface area contributed by atoms with E-state index in [-0.39, 0.29) is 23.1 Å². The first-order chi connectivity index (χ1) is 18.1. The smallest absolute Gasteiger partial charge is 0.370 e. The minimum absolute atomic E-state index is 0.113. The largest absolute Gasteiger partial charge is 0.434 e. The number of benzene rings is 1. The van der Waals surface area contributed by atoms with E-state index in [0.29, 0.717) is 36.3 Å². The highest BCUT2D eigenvalue weighted by molar-refractivity contribution is 5.92. The summed E-state index contributed by atoms with van der Waals surface area (Å²) in [6, 6.07) is 11.4. The highest BCUT2D eigenvalue weighted by Gasteiger charge is 2.35. The lowest BCUT2D eigenvalue weighted by molar-refractivity contribution is -0.140. The lowest BCUT2D eigenvalue weighted by Gasteiger charge is -2.10. The van der Waals surface area contributed by atoms with Crippen LogP contribution in [0.25, 0.3) is 28.2 Å². The quantitative estimate of drug-likeness (QED) is 0.264. The number of carbonyl (C=O) groups is 2. The summed E-state index contributed by atoms with van der Waals surface area (Å²) in [5, 5.41) is 7.27. The molecule has 0 saturated heterocycles. The van der Waals surface area contributed by atoms with E-state index in [4.69, 9.17) is 5.73 Å². The molecule has 0 aliphatic carbocycles. The van der Waals surface area contributed by atoms with E-state index in [1.165, 1.54) is 22.7 Å². The maximum atomic E-state index is 13.4. The van der Waals surface area contributed by atoms with Gasteiger partial charge in [0.05, 0.1) is 17.6 Å². The molecule has 1 aromatic carbocycles. The Kier molecular flexibility index (Phi) is 8.04. The topological polar surface area (TPSA) is 115 Å². The van der Waals surface area contributed by atoms with Gasteiger partial charge in [0.15, 0.2) is 11.3 Å². The highest BCUT2D eigenvalue weighted by atomic mass is 19.4. The van der Waals surface area contributed by atoms with E-state index in [2.05, 4.69) is 20.4 Å². The third-order valence-corrected chi connectivity index (χ3v) is 6.06. The Balaban J connectivity index is 1.49. The summed E-state index contributed by atoms with van der Waals surface area (Å²) in [7, 11) is 0. The van der Waals surface area contributed by atoms with Crippen molar-refractivity contribution in [3.63, 3.8) is 0 Å². The number of hydrogen-bond donors (Lipinski definition) is 2. The van der Waals surface area contributed by atoms with E-state index in [9.17, 15) is 22.8 Å². The van der Waals surface area contributed by atoms with Gasteiger partial charge < -0.3 is 11.1 Å². The summed E-state index contributed by atoms with van der Waals surface area (Å²) < 4.78 is 41.7. The first kappa shape index (κ1) is 26.8. The molecule has 0 spiro atoms. The first-order valence-electron chi connectivity index (χ1n) is 12.2. The normalized spacial score (nSPS) is 11.6. The summed E-state index contributed by atoms with van der Waals surface area (Å²) in [5.74, 6) is -0.428. The van der Waals surface area contributed by atoms with Crippen LogP contribution in [0.3, 0.4) is 0 Å². The number of nitrogens with one attached hydrogen (secondary N) is 1. The van der Waals surface area contributed by atoms with E-state index in [0.717, 1.165) is 36.6 Å². The van der Waals surface area contributed by atoms with Gasteiger partial charge in [-0.3, -0.25) is 14.6 Å². The maximum absolute atomic E-state index is 13.4. The van der Waals surface area contributed by atoms with Gasteiger partial charge in [-0.15, -0.1) is 0 Å². The fraction of sp³-hybridized carbons (Fsp3) is 0.296. The molecule has 0 radical (unpaired) electrons. The molecule has 3 heterocycles. The Morgan fingerprint density at radius 3 is 2.50 bits per heavy atom. The average molecular weight is 525 g/mol. The molecule has 4 rings (SSSR count). The van der Waals surface area contributed by atoms with Gasteiger partial charge in [-0.25, -0.2) is 9.50 Å². The minimum Gasteiger partial charge on any atom is -0.370 e. The maximum Gasteiger partial charge on any atom is 0.434 e. The molecule has 0 aliphatic heterocycles. The van der Waals surface area contributed by atoms with Crippen molar-refractivity contribution in [1.29, 1.82) is 0 Å². The summed E-state index contributed by atoms with van der Waals surface area (Å²) >= 11 is 0. The number of imidazole rings is 1. The Bertz CT molecular complexity index is 1460. The van der Waals surface area contributed by atoms with E-state index < -0.39 is 11.9 Å². The Morgan fingerprint density at radius 2 is 1.76 bits per heavy atom. The van der Waals surface area contributed by atoms with Gasteiger partial charge in [0, 0.05) is 35.9 Å². The number of aryl methyl sites for hydroxylation is 1. The van der Waals surface area contributed by atoms with Gasteiger partial charge >= 0.3 is 6.18 Å². The van der Waals surface area contributed by atoms with Crippen molar-refractivity contribution in [3.8, 4) is 22.5 Å². The number of pyridine rings is 1. The van der Waals surface area contributed by atoms with Crippen molar-refractivity contribution in [2.45, 2.75) is 51.6 Å².